The summed E-state index contributed by atoms with van der Waals surface area (Å²) < 4.78 is 186. The molecule has 0 heterocycles. The maximum atomic E-state index is 13.8. The molecular weight excluding hydrogens is 1310 g/mol. The first-order valence-electron chi connectivity index (χ1n) is 28.2. The quantitative estimate of drug-likeness (QED) is 0.0318. The number of benzene rings is 3. The average Bonchev–Trinajstić information content (AvgIpc) is 1.10. The molecule has 0 aliphatic heterocycles. The molecule has 3 fully saturated rings. The number of hydrogen-bond donors (Lipinski definition) is 5. The molecule has 0 spiro atoms. The number of halogens is 12. The van der Waals surface area contributed by atoms with Crippen LogP contribution in [0.3, 0.4) is 0 Å². The summed E-state index contributed by atoms with van der Waals surface area (Å²) in [5, 5.41) is 26.7. The van der Waals surface area contributed by atoms with E-state index in [1.165, 1.54) is 0 Å². The van der Waals surface area contributed by atoms with E-state index in [9.17, 15) is 96.1 Å². The summed E-state index contributed by atoms with van der Waals surface area (Å²) in [4.78, 5) is 97.0. The fourth-order valence-electron chi connectivity index (χ4n) is 9.31. The Labute approximate surface area is 542 Å². The zero-order chi connectivity index (χ0) is 66.8. The highest BCUT2D eigenvalue weighted by molar-refractivity contribution is 7.59. The molecule has 3 aliphatic carbocycles. The highest BCUT2D eigenvalue weighted by atomic mass is 32.1. The third kappa shape index (κ3) is 26.1. The van der Waals surface area contributed by atoms with Gasteiger partial charge in [-0.15, -0.1) is 0 Å². The largest absolute Gasteiger partial charge is 0.485 e. The number of ketones is 2. The molecule has 6 rings (SSSR count). The van der Waals surface area contributed by atoms with E-state index in [-0.39, 0.29) is 82.3 Å². The Balaban J connectivity index is 0.000000681. The molecule has 518 valence electrons. The number of carboxylic acids is 1. The molecule has 4 atom stereocenters. The van der Waals surface area contributed by atoms with Crippen LogP contribution in [0.5, 0.6) is 17.2 Å². The highest BCUT2D eigenvalue weighted by Crippen LogP contribution is 2.32. The van der Waals surface area contributed by atoms with Crippen molar-refractivity contribution in [3.63, 3.8) is 0 Å². The monoisotopic (exact) mass is 1390 g/mol. The maximum absolute atomic E-state index is 13.8. The van der Waals surface area contributed by atoms with Crippen LogP contribution in [0.4, 0.5) is 52.7 Å². The van der Waals surface area contributed by atoms with Gasteiger partial charge in [0, 0.05) is 36.0 Å². The van der Waals surface area contributed by atoms with Crippen LogP contribution in [0.1, 0.15) is 138 Å². The van der Waals surface area contributed by atoms with Crippen LogP contribution in [0.25, 0.3) is 0 Å². The molecule has 18 nitrogen and oxygen atoms in total. The SMILES string of the molecule is CC(C)(C)OC(=O)C[C@H](NC(=O)C1CCCC1)C(=O)COc1c(F)c(F)cc(F)c1F.CC(C)(C)OC(=O)C[C@H](NC(=O)C1CCCC1)C(O)COc1c(F)c(F)cc(F)c1F.O=C(O)C[C@H](NC(=O)C1CCCC1)C(=O)COc1c(F)c(F)cc(F)c1F.S.S.S. The first-order valence-corrected chi connectivity index (χ1v) is 28.2. The van der Waals surface area contributed by atoms with E-state index in [0.717, 1.165) is 38.5 Å². The Hall–Kier alpha value is -6.61. The Kier molecular flexibility index (Phi) is 34.4. The van der Waals surface area contributed by atoms with E-state index in [1.807, 2.05) is 0 Å². The van der Waals surface area contributed by atoms with Crippen molar-refractivity contribution in [3.8, 4) is 17.2 Å². The summed E-state index contributed by atoms with van der Waals surface area (Å²) in [5.41, 5.74) is -1.66. The number of Topliss-reactive ketones (excluding diaryl/α,β-unsaturated/α-hetero) is 2. The number of aliphatic carboxylic acids is 1. The molecule has 0 aromatic heterocycles. The van der Waals surface area contributed by atoms with Crippen molar-refractivity contribution in [3.05, 3.63) is 88.0 Å². The maximum Gasteiger partial charge on any atom is 0.308 e. The van der Waals surface area contributed by atoms with Crippen LogP contribution < -0.4 is 30.2 Å². The van der Waals surface area contributed by atoms with Crippen LogP contribution >= 0.6 is 40.5 Å². The number of rotatable bonds is 24. The molecule has 92 heavy (non-hydrogen) atoms. The lowest BCUT2D eigenvalue weighted by atomic mass is 10.0. The smallest absolute Gasteiger partial charge is 0.308 e. The molecule has 5 N–H and O–H groups in total. The van der Waals surface area contributed by atoms with E-state index >= 15 is 0 Å². The van der Waals surface area contributed by atoms with Crippen molar-refractivity contribution < 1.29 is 125 Å². The molecule has 0 saturated heterocycles. The van der Waals surface area contributed by atoms with Crippen LogP contribution in [0.15, 0.2) is 18.2 Å². The number of hydrogen-bond acceptors (Lipinski definition) is 14. The number of carbonyl (C=O) groups is 8. The molecular formula is C59H75F12N3O15S3. The van der Waals surface area contributed by atoms with E-state index in [2.05, 4.69) is 25.4 Å². The molecule has 3 aromatic rings. The van der Waals surface area contributed by atoms with E-state index in [4.69, 9.17) is 19.3 Å². The van der Waals surface area contributed by atoms with Gasteiger partial charge in [0.1, 0.15) is 49.2 Å². The van der Waals surface area contributed by atoms with Crippen LogP contribution in [0, 0.1) is 87.6 Å². The van der Waals surface area contributed by atoms with E-state index in [0.29, 0.717) is 38.5 Å². The predicted molar refractivity (Wildman–Crippen MR) is 317 cm³/mol. The minimum absolute atomic E-state index is 0. The number of ether oxygens (including phenoxy) is 5. The van der Waals surface area contributed by atoms with Gasteiger partial charge in [-0.3, -0.25) is 38.4 Å². The Morgan fingerprint density at radius 3 is 1.01 bits per heavy atom. The van der Waals surface area contributed by atoms with Crippen molar-refractivity contribution in [2.75, 3.05) is 19.8 Å². The summed E-state index contributed by atoms with van der Waals surface area (Å²) in [6.45, 7) is 6.82. The lowest BCUT2D eigenvalue weighted by Gasteiger charge is -2.27. The second-order valence-corrected chi connectivity index (χ2v) is 23.1. The molecule has 1 unspecified atom stereocenters. The number of aliphatic hydroxyl groups is 1. The summed E-state index contributed by atoms with van der Waals surface area (Å²) in [5.74, 6) is -32.2. The molecule has 3 saturated carbocycles. The number of nitrogens with one attached hydrogen (secondary N) is 3. The van der Waals surface area contributed by atoms with Gasteiger partial charge in [0.25, 0.3) is 0 Å². The fourth-order valence-corrected chi connectivity index (χ4v) is 9.31. The van der Waals surface area contributed by atoms with Gasteiger partial charge in [-0.25, -0.2) is 26.3 Å². The number of esters is 2. The van der Waals surface area contributed by atoms with Gasteiger partial charge in [0.2, 0.25) is 52.6 Å². The molecule has 0 bridgehead atoms. The number of carboxylic acid groups (broad SMARTS) is 1. The lowest BCUT2D eigenvalue weighted by Crippen LogP contribution is -2.49. The van der Waals surface area contributed by atoms with Gasteiger partial charge in [-0.1, -0.05) is 38.5 Å². The standard InChI is InChI=1S/C21H27F4NO5.C21H25F4NO5.C17H17F4NO5.3H2S/c2*1-21(2,3)31-16(28)9-14(26-20(29)11-6-4-5-7-11)15(27)10-30-19-17(24)12(22)8-13(23)18(19)25;18-9-5-10(19)15(21)16(14(9)20)27-7-12(23)11(6-13(24)25)22-17(26)8-3-1-2-4-8;;;/h8,11,14-15,27H,4-7,9-10H2,1-3H3,(H,26,29);8,11,14H,4-7,9-10H2,1-3H3,(H,26,29);5,8,11H,1-4,6-7H2,(H,22,26)(H,24,25);3*1H2/t14-,15?;14-;11-;;;/m000.../s1. The highest BCUT2D eigenvalue weighted by Gasteiger charge is 2.36. The van der Waals surface area contributed by atoms with Crippen molar-refractivity contribution >= 4 is 87.7 Å². The third-order valence-corrected chi connectivity index (χ3v) is 13.7. The second kappa shape index (κ2) is 37.9. The lowest BCUT2D eigenvalue weighted by molar-refractivity contribution is -0.157. The minimum atomic E-state index is -1.83. The topological polar surface area (TPSA) is 259 Å². The first kappa shape index (κ1) is 83.4. The van der Waals surface area contributed by atoms with Gasteiger partial charge in [0.05, 0.1) is 25.3 Å². The Bertz CT molecular complexity index is 2970. The van der Waals surface area contributed by atoms with Crippen LogP contribution in [0.2, 0.25) is 0 Å². The fraction of sp³-hybridized carbons (Fsp3) is 0.559. The van der Waals surface area contributed by atoms with Crippen molar-refractivity contribution in [2.24, 2.45) is 17.8 Å². The van der Waals surface area contributed by atoms with Crippen molar-refractivity contribution in [1.82, 2.24) is 16.0 Å². The molecule has 3 aromatic carbocycles. The van der Waals surface area contributed by atoms with Crippen LogP contribution in [-0.2, 0) is 47.8 Å². The normalized spacial score (nSPS) is 15.3. The summed E-state index contributed by atoms with van der Waals surface area (Å²) >= 11 is 0. The van der Waals surface area contributed by atoms with Gasteiger partial charge in [-0.2, -0.15) is 66.8 Å². The second-order valence-electron chi connectivity index (χ2n) is 23.1. The number of amides is 3. The zero-order valence-electron chi connectivity index (χ0n) is 50.7. The van der Waals surface area contributed by atoms with Gasteiger partial charge in [-0.05, 0) is 80.1 Å². The molecule has 3 amide bonds. The Morgan fingerprint density at radius 2 is 0.717 bits per heavy atom. The van der Waals surface area contributed by atoms with Gasteiger partial charge >= 0.3 is 17.9 Å². The number of aliphatic hydroxyl groups excluding tert-OH is 1. The molecule has 0 radical (unpaired) electrons. The molecule has 33 heteroatoms. The van der Waals surface area contributed by atoms with Crippen molar-refractivity contribution in [1.29, 1.82) is 0 Å². The molecule has 3 aliphatic rings. The van der Waals surface area contributed by atoms with Gasteiger partial charge < -0.3 is 49.8 Å². The third-order valence-electron chi connectivity index (χ3n) is 13.7. The van der Waals surface area contributed by atoms with E-state index in [1.54, 1.807) is 41.5 Å². The predicted octanol–water partition coefficient (Wildman–Crippen LogP) is 9.67. The summed E-state index contributed by atoms with van der Waals surface area (Å²) in [6, 6.07) is -4.08. The van der Waals surface area contributed by atoms with E-state index < -0.39 is 203 Å². The Morgan fingerprint density at radius 1 is 0.446 bits per heavy atom. The average molecular weight is 1390 g/mol. The summed E-state index contributed by atoms with van der Waals surface area (Å²) in [6.07, 6.45) is 5.57. The van der Waals surface area contributed by atoms with Crippen LogP contribution in [-0.4, -0.2) is 113 Å². The minimum Gasteiger partial charge on any atom is -0.485 e. The summed E-state index contributed by atoms with van der Waals surface area (Å²) in [7, 11) is 0. The first-order chi connectivity index (χ1) is 41.5. The van der Waals surface area contributed by atoms with Gasteiger partial charge in [0.15, 0.2) is 63.7 Å². The van der Waals surface area contributed by atoms with Crippen molar-refractivity contribution in [2.45, 2.75) is 173 Å². The number of carbonyl (C=O) groups excluding carboxylic acids is 7. The zero-order valence-corrected chi connectivity index (χ0v) is 53.7.